The number of ketones is 1. The van der Waals surface area contributed by atoms with E-state index in [2.05, 4.69) is 7.05 Å². The maximum absolute atomic E-state index is 13.1. The molecule has 7 rings (SSSR count). The van der Waals surface area contributed by atoms with E-state index < -0.39 is 17.1 Å². The molecule has 3 saturated carbocycles. The van der Waals surface area contributed by atoms with Gasteiger partial charge in [-0.2, -0.15) is 0 Å². The molecular formula is C23H28NO4+. The van der Waals surface area contributed by atoms with E-state index in [4.69, 9.17) is 4.74 Å². The van der Waals surface area contributed by atoms with Gasteiger partial charge in [0.05, 0.1) is 25.6 Å². The van der Waals surface area contributed by atoms with Crippen LogP contribution >= 0.6 is 0 Å². The largest absolute Gasteiger partial charge is 0.504 e. The highest BCUT2D eigenvalue weighted by Crippen LogP contribution is 2.72. The number of nitrogens with zero attached hydrogens (tertiary/aromatic N) is 1. The zero-order valence-corrected chi connectivity index (χ0v) is 16.4. The molecule has 1 aromatic rings. The highest BCUT2D eigenvalue weighted by Gasteiger charge is 2.82. The van der Waals surface area contributed by atoms with Gasteiger partial charge in [-0.3, -0.25) is 4.79 Å². The van der Waals surface area contributed by atoms with Crippen molar-refractivity contribution in [3.63, 3.8) is 0 Å². The fourth-order valence-electron chi connectivity index (χ4n) is 8.58. The zero-order valence-electron chi connectivity index (χ0n) is 16.4. The number of hydrogen-bond acceptors (Lipinski definition) is 4. The molecule has 2 bridgehead atoms. The second kappa shape index (κ2) is 4.59. The normalized spacial score (nSPS) is 49.7. The van der Waals surface area contributed by atoms with Gasteiger partial charge in [0.2, 0.25) is 0 Å². The smallest absolute Gasteiger partial charge is 0.174 e. The number of fused-ring (bicyclic) bond motifs is 2. The van der Waals surface area contributed by atoms with Crippen LogP contribution in [0.4, 0.5) is 0 Å². The molecule has 6 aliphatic rings. The Morgan fingerprint density at radius 2 is 2.14 bits per heavy atom. The Labute approximate surface area is 164 Å². The van der Waals surface area contributed by atoms with E-state index in [1.165, 1.54) is 18.4 Å². The maximum Gasteiger partial charge on any atom is 0.174 e. The maximum atomic E-state index is 13.1. The Kier molecular flexibility index (Phi) is 2.66. The van der Waals surface area contributed by atoms with E-state index in [1.54, 1.807) is 6.07 Å². The molecule has 4 aliphatic carbocycles. The molecule has 4 unspecified atom stereocenters. The van der Waals surface area contributed by atoms with Gasteiger partial charge in [-0.05, 0) is 43.2 Å². The van der Waals surface area contributed by atoms with E-state index >= 15 is 0 Å². The summed E-state index contributed by atoms with van der Waals surface area (Å²) in [6.07, 6.45) is 4.88. The molecule has 0 radical (unpaired) electrons. The SMILES string of the molecule is C[N+]1(CC2CC2)CC2Cc3ccc(O)c4c3C35C2C[C@@H]1[C@]3(O)CCC(=O)[C@@H]5O4. The van der Waals surface area contributed by atoms with Crippen LogP contribution in [0, 0.1) is 17.8 Å². The van der Waals surface area contributed by atoms with E-state index in [0.717, 1.165) is 41.9 Å². The van der Waals surface area contributed by atoms with Crippen LogP contribution in [0.1, 0.15) is 43.2 Å². The molecule has 1 saturated heterocycles. The fraction of sp³-hybridized carbons (Fsp3) is 0.696. The third-order valence-corrected chi connectivity index (χ3v) is 9.49. The highest BCUT2D eigenvalue weighted by molar-refractivity contribution is 5.90. The lowest BCUT2D eigenvalue weighted by molar-refractivity contribution is -0.947. The number of ether oxygens (including phenoxy) is 1. The number of piperidine rings is 1. The molecule has 1 aromatic carbocycles. The van der Waals surface area contributed by atoms with Crippen molar-refractivity contribution in [3.8, 4) is 11.5 Å². The topological polar surface area (TPSA) is 66.8 Å². The first-order valence-electron chi connectivity index (χ1n) is 11.0. The first-order valence-corrected chi connectivity index (χ1v) is 11.0. The van der Waals surface area contributed by atoms with E-state index in [9.17, 15) is 15.0 Å². The van der Waals surface area contributed by atoms with Crippen molar-refractivity contribution in [2.45, 2.75) is 61.7 Å². The van der Waals surface area contributed by atoms with Crippen molar-refractivity contribution in [3.05, 3.63) is 23.3 Å². The lowest BCUT2D eigenvalue weighted by Crippen LogP contribution is -2.69. The number of phenolic OH excluding ortho intramolecular Hbond substituents is 1. The summed E-state index contributed by atoms with van der Waals surface area (Å²) in [5.74, 6) is 2.25. The molecule has 2 aliphatic heterocycles. The molecule has 4 fully saturated rings. The number of quaternary nitrogens is 1. The summed E-state index contributed by atoms with van der Waals surface area (Å²) in [7, 11) is 2.36. The van der Waals surface area contributed by atoms with Crippen molar-refractivity contribution < 1.29 is 24.2 Å². The number of carbonyl (C=O) groups excluding carboxylic acids is 1. The third kappa shape index (κ3) is 1.53. The van der Waals surface area contributed by atoms with E-state index in [0.29, 0.717) is 24.5 Å². The lowest BCUT2D eigenvalue weighted by atomic mass is 9.51. The molecule has 1 spiro atoms. The number of benzene rings is 1. The van der Waals surface area contributed by atoms with Gasteiger partial charge in [-0.1, -0.05) is 6.07 Å². The first kappa shape index (κ1) is 16.2. The van der Waals surface area contributed by atoms with Gasteiger partial charge in [0, 0.05) is 30.2 Å². The van der Waals surface area contributed by atoms with E-state index in [1.807, 2.05) is 6.07 Å². The number of rotatable bonds is 2. The van der Waals surface area contributed by atoms with Gasteiger partial charge in [0.25, 0.3) is 0 Å². The van der Waals surface area contributed by atoms with E-state index in [-0.39, 0.29) is 23.5 Å². The Hall–Kier alpha value is -1.59. The van der Waals surface area contributed by atoms with Crippen LogP contribution in [0.2, 0.25) is 0 Å². The quantitative estimate of drug-likeness (QED) is 0.767. The van der Waals surface area contributed by atoms with Crippen LogP contribution in [0.15, 0.2) is 12.1 Å². The molecule has 148 valence electrons. The van der Waals surface area contributed by atoms with Crippen LogP contribution < -0.4 is 4.74 Å². The van der Waals surface area contributed by atoms with Gasteiger partial charge >= 0.3 is 0 Å². The standard InChI is InChI=1S/C23H27NO4/c1-24(10-12-2-3-12)11-14-8-13-4-5-16(25)20-19(13)23-15(14)9-18(24)22(23,27)7-6-17(26)21(23)28-20/h4-5,12,14-15,18,21,27H,2-3,6-11H2,1H3/p+1/t14?,15?,18-,21+,22-,23?,24?/m1/s1. The van der Waals surface area contributed by atoms with Gasteiger partial charge in [-0.15, -0.1) is 0 Å². The summed E-state index contributed by atoms with van der Waals surface area (Å²) in [4.78, 5) is 13.1. The number of aliphatic hydroxyl groups is 1. The molecule has 2 N–H and O–H groups in total. The molecular weight excluding hydrogens is 354 g/mol. The second-order valence-corrected chi connectivity index (χ2v) is 10.8. The van der Waals surface area contributed by atoms with Gasteiger partial charge in [0.1, 0.15) is 11.6 Å². The Bertz CT molecular complexity index is 941. The molecule has 28 heavy (non-hydrogen) atoms. The third-order valence-electron chi connectivity index (χ3n) is 9.49. The highest BCUT2D eigenvalue weighted by atomic mass is 16.5. The monoisotopic (exact) mass is 382 g/mol. The van der Waals surface area contributed by atoms with Crippen molar-refractivity contribution >= 4 is 5.78 Å². The van der Waals surface area contributed by atoms with Crippen LogP contribution in [0.25, 0.3) is 0 Å². The summed E-state index contributed by atoms with van der Waals surface area (Å²) in [6, 6.07) is 3.89. The predicted octanol–water partition coefficient (Wildman–Crippen LogP) is 1.92. The Morgan fingerprint density at radius 3 is 2.93 bits per heavy atom. The fourth-order valence-corrected chi connectivity index (χ4v) is 8.58. The number of carbonyl (C=O) groups is 1. The molecule has 7 atom stereocenters. The number of likely N-dealkylation sites (N-methyl/N-ethyl adjacent to an activating group) is 1. The lowest BCUT2D eigenvalue weighted by Gasteiger charge is -2.51. The Morgan fingerprint density at radius 1 is 1.32 bits per heavy atom. The number of hydrogen-bond donors (Lipinski definition) is 2. The molecule has 5 heteroatoms. The Balaban J connectivity index is 1.52. The second-order valence-electron chi connectivity index (χ2n) is 10.8. The van der Waals surface area contributed by atoms with Crippen LogP contribution in [-0.2, 0) is 16.6 Å². The molecule has 0 aromatic heterocycles. The van der Waals surface area contributed by atoms with Gasteiger partial charge < -0.3 is 19.4 Å². The van der Waals surface area contributed by atoms with Crippen molar-refractivity contribution in [2.24, 2.45) is 17.8 Å². The first-order chi connectivity index (χ1) is 13.4. The summed E-state index contributed by atoms with van der Waals surface area (Å²) in [5, 5.41) is 23.0. The zero-order chi connectivity index (χ0) is 19.1. The summed E-state index contributed by atoms with van der Waals surface area (Å²) < 4.78 is 7.18. The average Bonchev–Trinajstić information content (AvgIpc) is 3.29. The van der Waals surface area contributed by atoms with Crippen molar-refractivity contribution in [2.75, 3.05) is 20.1 Å². The number of phenols is 1. The van der Waals surface area contributed by atoms with Crippen LogP contribution in [-0.4, -0.2) is 58.4 Å². The summed E-state index contributed by atoms with van der Waals surface area (Å²) in [5.41, 5.74) is 0.587. The molecule has 0 amide bonds. The predicted molar refractivity (Wildman–Crippen MR) is 101 cm³/mol. The number of aromatic hydroxyl groups is 1. The summed E-state index contributed by atoms with van der Waals surface area (Å²) >= 11 is 0. The van der Waals surface area contributed by atoms with Crippen LogP contribution in [0.5, 0.6) is 11.5 Å². The minimum Gasteiger partial charge on any atom is -0.504 e. The number of Topliss-reactive ketones (excluding diaryl/α,β-unsaturated/α-hetero) is 1. The summed E-state index contributed by atoms with van der Waals surface area (Å²) in [6.45, 7) is 2.24. The molecule has 2 heterocycles. The minimum atomic E-state index is -0.928. The van der Waals surface area contributed by atoms with Crippen LogP contribution in [0.3, 0.4) is 0 Å². The van der Waals surface area contributed by atoms with Crippen molar-refractivity contribution in [1.29, 1.82) is 0 Å². The number of likely N-dealkylation sites (tertiary alicyclic amines) is 1. The van der Waals surface area contributed by atoms with Crippen molar-refractivity contribution in [1.82, 2.24) is 0 Å². The average molecular weight is 382 g/mol. The minimum absolute atomic E-state index is 0.107. The van der Waals surface area contributed by atoms with Gasteiger partial charge in [0.15, 0.2) is 23.4 Å². The van der Waals surface area contributed by atoms with Gasteiger partial charge in [-0.25, -0.2) is 0 Å². The molecule has 5 nitrogen and oxygen atoms in total.